The minimum Gasteiger partial charge on any atom is -0.379 e. The predicted octanol–water partition coefficient (Wildman–Crippen LogP) is -0.260. The van der Waals surface area contributed by atoms with Crippen molar-refractivity contribution in [3.63, 3.8) is 0 Å². The molecule has 2 aliphatic rings. The second-order valence-electron chi connectivity index (χ2n) is 5.51. The third-order valence-electron chi connectivity index (χ3n) is 3.95. The Kier molecular flexibility index (Phi) is 5.79. The van der Waals surface area contributed by atoms with E-state index in [1.165, 1.54) is 0 Å². The van der Waals surface area contributed by atoms with Gasteiger partial charge in [-0.15, -0.1) is 0 Å². The van der Waals surface area contributed by atoms with E-state index in [1.807, 2.05) is 4.90 Å². The van der Waals surface area contributed by atoms with E-state index >= 15 is 0 Å². The van der Waals surface area contributed by atoms with Gasteiger partial charge in [0.25, 0.3) is 0 Å². The molecular formula is C14H25N3O3. The van der Waals surface area contributed by atoms with Gasteiger partial charge < -0.3 is 20.3 Å². The summed E-state index contributed by atoms with van der Waals surface area (Å²) in [7, 11) is 0. The SMILES string of the molecule is CCCNC1COCC1C(=O)NCC(=O)N1CCCC1. The summed E-state index contributed by atoms with van der Waals surface area (Å²) in [6, 6.07) is 0.0665. The predicted molar refractivity (Wildman–Crippen MR) is 75.2 cm³/mol. The zero-order chi connectivity index (χ0) is 14.4. The highest BCUT2D eigenvalue weighted by molar-refractivity contribution is 5.86. The standard InChI is InChI=1S/C14H25N3O3/c1-2-5-15-12-10-20-9-11(12)14(19)16-8-13(18)17-6-3-4-7-17/h11-12,15H,2-10H2,1H3,(H,16,19). The highest BCUT2D eigenvalue weighted by Crippen LogP contribution is 2.14. The highest BCUT2D eigenvalue weighted by atomic mass is 16.5. The quantitative estimate of drug-likeness (QED) is 0.704. The van der Waals surface area contributed by atoms with Crippen molar-refractivity contribution >= 4 is 11.8 Å². The Morgan fingerprint density at radius 3 is 2.70 bits per heavy atom. The van der Waals surface area contributed by atoms with Crippen LogP contribution in [0.5, 0.6) is 0 Å². The van der Waals surface area contributed by atoms with Gasteiger partial charge in [0.2, 0.25) is 11.8 Å². The van der Waals surface area contributed by atoms with Crippen LogP contribution >= 0.6 is 0 Å². The van der Waals surface area contributed by atoms with Crippen molar-refractivity contribution in [1.29, 1.82) is 0 Å². The van der Waals surface area contributed by atoms with Crippen molar-refractivity contribution in [3.05, 3.63) is 0 Å². The number of nitrogens with zero attached hydrogens (tertiary/aromatic N) is 1. The number of nitrogens with one attached hydrogen (secondary N) is 2. The summed E-state index contributed by atoms with van der Waals surface area (Å²) < 4.78 is 5.38. The molecule has 0 aromatic carbocycles. The molecule has 0 spiro atoms. The summed E-state index contributed by atoms with van der Waals surface area (Å²) in [6.07, 6.45) is 3.16. The van der Waals surface area contributed by atoms with E-state index in [2.05, 4.69) is 17.6 Å². The average Bonchev–Trinajstić information content (AvgIpc) is 3.12. The van der Waals surface area contributed by atoms with E-state index in [4.69, 9.17) is 4.74 Å². The van der Waals surface area contributed by atoms with Crippen LogP contribution in [0.1, 0.15) is 26.2 Å². The third kappa shape index (κ3) is 3.93. The first-order chi connectivity index (χ1) is 9.72. The Morgan fingerprint density at radius 2 is 2.00 bits per heavy atom. The van der Waals surface area contributed by atoms with E-state index in [-0.39, 0.29) is 30.3 Å². The van der Waals surface area contributed by atoms with Gasteiger partial charge in [-0.3, -0.25) is 9.59 Å². The van der Waals surface area contributed by atoms with Gasteiger partial charge in [0, 0.05) is 19.1 Å². The summed E-state index contributed by atoms with van der Waals surface area (Å²) in [6.45, 7) is 5.72. The van der Waals surface area contributed by atoms with Crippen molar-refractivity contribution in [2.45, 2.75) is 32.2 Å². The van der Waals surface area contributed by atoms with Crippen LogP contribution in [0.25, 0.3) is 0 Å². The lowest BCUT2D eigenvalue weighted by Gasteiger charge is -2.20. The van der Waals surface area contributed by atoms with Crippen LogP contribution < -0.4 is 10.6 Å². The number of likely N-dealkylation sites (tertiary alicyclic amines) is 1. The van der Waals surface area contributed by atoms with E-state index < -0.39 is 0 Å². The van der Waals surface area contributed by atoms with Gasteiger partial charge in [0.15, 0.2) is 0 Å². The Bertz CT molecular complexity index is 343. The molecule has 2 rings (SSSR count). The maximum atomic E-state index is 12.1. The molecule has 2 amide bonds. The average molecular weight is 283 g/mol. The van der Waals surface area contributed by atoms with Gasteiger partial charge in [-0.2, -0.15) is 0 Å². The van der Waals surface area contributed by atoms with Gasteiger partial charge in [0.1, 0.15) is 0 Å². The Labute approximate surface area is 120 Å². The van der Waals surface area contributed by atoms with Crippen LogP contribution in [-0.2, 0) is 14.3 Å². The maximum absolute atomic E-state index is 12.1. The fraction of sp³-hybridized carbons (Fsp3) is 0.857. The molecule has 6 heteroatoms. The maximum Gasteiger partial charge on any atom is 0.241 e. The minimum absolute atomic E-state index is 0.0211. The first-order valence-electron chi connectivity index (χ1n) is 7.59. The molecular weight excluding hydrogens is 258 g/mol. The van der Waals surface area contributed by atoms with Crippen LogP contribution in [0, 0.1) is 5.92 Å². The zero-order valence-corrected chi connectivity index (χ0v) is 12.2. The van der Waals surface area contributed by atoms with Gasteiger partial charge >= 0.3 is 0 Å². The molecule has 2 N–H and O–H groups in total. The van der Waals surface area contributed by atoms with Crippen LogP contribution in [0.2, 0.25) is 0 Å². The molecule has 2 atom stereocenters. The number of carbonyl (C=O) groups is 2. The number of ether oxygens (including phenoxy) is 1. The number of hydrogen-bond donors (Lipinski definition) is 2. The molecule has 20 heavy (non-hydrogen) atoms. The molecule has 114 valence electrons. The monoisotopic (exact) mass is 283 g/mol. The van der Waals surface area contributed by atoms with Crippen LogP contribution in [0.4, 0.5) is 0 Å². The van der Waals surface area contributed by atoms with Gasteiger partial charge in [-0.25, -0.2) is 0 Å². The summed E-state index contributed by atoms with van der Waals surface area (Å²) in [5, 5.41) is 6.08. The van der Waals surface area contributed by atoms with Crippen molar-refractivity contribution in [2.24, 2.45) is 5.92 Å². The fourth-order valence-electron chi connectivity index (χ4n) is 2.72. The smallest absolute Gasteiger partial charge is 0.241 e. The van der Waals surface area contributed by atoms with Crippen LogP contribution in [-0.4, -0.2) is 62.1 Å². The van der Waals surface area contributed by atoms with Crippen LogP contribution in [0.3, 0.4) is 0 Å². The van der Waals surface area contributed by atoms with E-state index in [0.717, 1.165) is 38.9 Å². The van der Waals surface area contributed by atoms with Crippen molar-refractivity contribution in [1.82, 2.24) is 15.5 Å². The second kappa shape index (κ2) is 7.59. The first-order valence-corrected chi connectivity index (χ1v) is 7.59. The van der Waals surface area contributed by atoms with E-state index in [1.54, 1.807) is 0 Å². The van der Waals surface area contributed by atoms with Crippen molar-refractivity contribution in [2.75, 3.05) is 39.4 Å². The van der Waals surface area contributed by atoms with Gasteiger partial charge in [-0.1, -0.05) is 6.92 Å². The van der Waals surface area contributed by atoms with Crippen molar-refractivity contribution < 1.29 is 14.3 Å². The first kappa shape index (κ1) is 15.3. The normalized spacial score (nSPS) is 25.9. The third-order valence-corrected chi connectivity index (χ3v) is 3.95. The molecule has 2 unspecified atom stereocenters. The summed E-state index contributed by atoms with van der Waals surface area (Å²) in [5.74, 6) is -0.246. The van der Waals surface area contributed by atoms with Gasteiger partial charge in [0.05, 0.1) is 25.7 Å². The molecule has 0 aliphatic carbocycles. The molecule has 2 fully saturated rings. The molecule has 0 bridgehead atoms. The second-order valence-corrected chi connectivity index (χ2v) is 5.51. The van der Waals surface area contributed by atoms with Crippen LogP contribution in [0.15, 0.2) is 0 Å². The summed E-state index contributed by atoms with van der Waals surface area (Å²) in [5.41, 5.74) is 0. The van der Waals surface area contributed by atoms with E-state index in [0.29, 0.717) is 13.2 Å². The molecule has 2 aliphatic heterocycles. The highest BCUT2D eigenvalue weighted by Gasteiger charge is 2.33. The number of amides is 2. The lowest BCUT2D eigenvalue weighted by atomic mass is 10.0. The fourth-order valence-corrected chi connectivity index (χ4v) is 2.72. The topological polar surface area (TPSA) is 70.7 Å². The molecule has 0 aromatic rings. The lowest BCUT2D eigenvalue weighted by Crippen LogP contribution is -2.46. The molecule has 0 aromatic heterocycles. The Morgan fingerprint density at radius 1 is 1.25 bits per heavy atom. The molecule has 0 saturated carbocycles. The van der Waals surface area contributed by atoms with Crippen molar-refractivity contribution in [3.8, 4) is 0 Å². The number of rotatable bonds is 6. The summed E-state index contributed by atoms with van der Waals surface area (Å²) in [4.78, 5) is 25.8. The molecule has 2 heterocycles. The molecule has 6 nitrogen and oxygen atoms in total. The summed E-state index contributed by atoms with van der Waals surface area (Å²) >= 11 is 0. The molecule has 2 saturated heterocycles. The van der Waals surface area contributed by atoms with E-state index in [9.17, 15) is 9.59 Å². The largest absolute Gasteiger partial charge is 0.379 e. The molecule has 0 radical (unpaired) electrons. The number of carbonyl (C=O) groups excluding carboxylic acids is 2. The zero-order valence-electron chi connectivity index (χ0n) is 12.2. The van der Waals surface area contributed by atoms with Gasteiger partial charge in [-0.05, 0) is 25.8 Å². The minimum atomic E-state index is -0.187. The Hall–Kier alpha value is -1.14. The lowest BCUT2D eigenvalue weighted by molar-refractivity contribution is -0.133. The Balaban J connectivity index is 1.74. The number of hydrogen-bond acceptors (Lipinski definition) is 4.